The summed E-state index contributed by atoms with van der Waals surface area (Å²) in [5, 5.41) is 1.81. The van der Waals surface area contributed by atoms with Crippen LogP contribution in [0.15, 0.2) is 97.1 Å². The number of rotatable bonds is 10. The number of nitrogens with zero attached hydrogens (tertiary/aromatic N) is 4. The zero-order chi connectivity index (χ0) is 32.2. The summed E-state index contributed by atoms with van der Waals surface area (Å²) in [5.41, 5.74) is 5.99. The zero-order valence-electron chi connectivity index (χ0n) is 26.9. The highest BCUT2D eigenvalue weighted by atomic mass is 35.5. The van der Waals surface area contributed by atoms with E-state index < -0.39 is 0 Å². The lowest BCUT2D eigenvalue weighted by atomic mass is 9.83. The number of para-hydroxylation sites is 2. The standard InChI is InChI=1S/C38H41ClN4O3/c1-40(2)21-26-43-33-11-7-5-9-31(33)36(35(27-13-17-29(45-3)18-14-27)28-15-19-30(46-4)20-16-28)37(43)38(44)42-24-22-41(23-25-42)34-12-8-6-10-32(34)39/h5-20,35H,21-26H2,1-4H3. The van der Waals surface area contributed by atoms with Crippen LogP contribution in [0.4, 0.5) is 5.69 Å². The molecule has 0 saturated carbocycles. The molecule has 0 aliphatic carbocycles. The molecule has 1 aliphatic heterocycles. The number of hydrogen-bond donors (Lipinski definition) is 0. The number of anilines is 1. The third-order valence-corrected chi connectivity index (χ3v) is 9.25. The fourth-order valence-corrected chi connectivity index (χ4v) is 6.77. The number of hydrogen-bond acceptors (Lipinski definition) is 5. The Morgan fingerprint density at radius 1 is 0.783 bits per heavy atom. The summed E-state index contributed by atoms with van der Waals surface area (Å²) in [5.74, 6) is 1.43. The van der Waals surface area contributed by atoms with Crippen LogP contribution in [-0.2, 0) is 6.54 Å². The van der Waals surface area contributed by atoms with Crippen molar-refractivity contribution in [1.29, 1.82) is 0 Å². The molecular formula is C38H41ClN4O3. The van der Waals surface area contributed by atoms with E-state index in [0.717, 1.165) is 62.0 Å². The fourth-order valence-electron chi connectivity index (χ4n) is 6.51. The molecule has 4 aromatic carbocycles. The summed E-state index contributed by atoms with van der Waals surface area (Å²) in [4.78, 5) is 21.4. The number of piperazine rings is 1. The van der Waals surface area contributed by atoms with Crippen molar-refractivity contribution in [3.8, 4) is 11.5 Å². The van der Waals surface area contributed by atoms with Gasteiger partial charge in [-0.25, -0.2) is 0 Å². The Balaban J connectivity index is 1.50. The number of ether oxygens (including phenoxy) is 2. The number of likely N-dealkylation sites (N-methyl/N-ethyl adjacent to an activating group) is 1. The lowest BCUT2D eigenvalue weighted by Gasteiger charge is -2.37. The van der Waals surface area contributed by atoms with Crippen LogP contribution in [-0.4, -0.2) is 81.3 Å². The summed E-state index contributed by atoms with van der Waals surface area (Å²) >= 11 is 6.54. The van der Waals surface area contributed by atoms with Gasteiger partial charge in [-0.05, 0) is 67.7 Å². The second-order valence-electron chi connectivity index (χ2n) is 11.9. The van der Waals surface area contributed by atoms with Crippen LogP contribution < -0.4 is 14.4 Å². The molecule has 1 aromatic heterocycles. The lowest BCUT2D eigenvalue weighted by Crippen LogP contribution is -2.49. The van der Waals surface area contributed by atoms with Gasteiger partial charge in [0.05, 0.1) is 24.9 Å². The van der Waals surface area contributed by atoms with Crippen molar-refractivity contribution >= 4 is 34.1 Å². The average Bonchev–Trinajstić information content (AvgIpc) is 3.41. The Kier molecular flexibility index (Phi) is 9.52. The van der Waals surface area contributed by atoms with Gasteiger partial charge in [-0.15, -0.1) is 0 Å². The van der Waals surface area contributed by atoms with Crippen LogP contribution in [0.5, 0.6) is 11.5 Å². The summed E-state index contributed by atoms with van der Waals surface area (Å²) in [6, 6.07) is 32.7. The van der Waals surface area contributed by atoms with Gasteiger partial charge in [0.25, 0.3) is 5.91 Å². The van der Waals surface area contributed by atoms with Gasteiger partial charge in [0, 0.05) is 61.7 Å². The van der Waals surface area contributed by atoms with E-state index in [9.17, 15) is 4.79 Å². The predicted molar refractivity (Wildman–Crippen MR) is 187 cm³/mol. The third kappa shape index (κ3) is 6.30. The molecule has 1 aliphatic rings. The largest absolute Gasteiger partial charge is 0.497 e. The highest BCUT2D eigenvalue weighted by Crippen LogP contribution is 2.42. The van der Waals surface area contributed by atoms with Crippen molar-refractivity contribution in [1.82, 2.24) is 14.4 Å². The van der Waals surface area contributed by atoms with Crippen molar-refractivity contribution in [2.24, 2.45) is 0 Å². The number of aromatic nitrogens is 1. The van der Waals surface area contributed by atoms with Crippen LogP contribution in [0.1, 0.15) is 33.1 Å². The van der Waals surface area contributed by atoms with Crippen LogP contribution >= 0.6 is 11.6 Å². The molecule has 2 heterocycles. The van der Waals surface area contributed by atoms with E-state index in [-0.39, 0.29) is 11.8 Å². The van der Waals surface area contributed by atoms with Crippen LogP contribution in [0.3, 0.4) is 0 Å². The van der Waals surface area contributed by atoms with Crippen LogP contribution in [0.25, 0.3) is 10.9 Å². The molecule has 6 rings (SSSR count). The maximum Gasteiger partial charge on any atom is 0.270 e. The molecule has 1 saturated heterocycles. The van der Waals surface area contributed by atoms with E-state index in [1.165, 1.54) is 0 Å². The number of halogens is 1. The molecule has 0 radical (unpaired) electrons. The van der Waals surface area contributed by atoms with E-state index in [0.29, 0.717) is 32.7 Å². The summed E-state index contributed by atoms with van der Waals surface area (Å²) in [6.45, 7) is 4.12. The van der Waals surface area contributed by atoms with Crippen molar-refractivity contribution < 1.29 is 14.3 Å². The SMILES string of the molecule is COc1ccc(C(c2ccc(OC)cc2)c2c(C(=O)N3CCN(c4ccccc4Cl)CC3)n(CCN(C)C)c3ccccc23)cc1. The first-order valence-electron chi connectivity index (χ1n) is 15.7. The Labute approximate surface area is 276 Å². The second-order valence-corrected chi connectivity index (χ2v) is 12.4. The van der Waals surface area contributed by atoms with Gasteiger partial charge >= 0.3 is 0 Å². The zero-order valence-corrected chi connectivity index (χ0v) is 27.7. The summed E-state index contributed by atoms with van der Waals surface area (Å²) in [7, 11) is 7.49. The molecule has 8 heteroatoms. The molecule has 1 amide bonds. The number of carbonyl (C=O) groups is 1. The third-order valence-electron chi connectivity index (χ3n) is 8.93. The van der Waals surface area contributed by atoms with E-state index in [1.807, 2.05) is 53.4 Å². The van der Waals surface area contributed by atoms with E-state index in [1.54, 1.807) is 14.2 Å². The Hall–Kier alpha value is -4.46. The van der Waals surface area contributed by atoms with E-state index in [2.05, 4.69) is 77.0 Å². The topological polar surface area (TPSA) is 50.2 Å². The number of benzene rings is 4. The minimum atomic E-state index is -0.203. The molecule has 0 N–H and O–H groups in total. The molecular weight excluding hydrogens is 596 g/mol. The molecule has 0 spiro atoms. The fraction of sp³-hybridized carbons (Fsp3) is 0.289. The quantitative estimate of drug-likeness (QED) is 0.165. The smallest absolute Gasteiger partial charge is 0.270 e. The van der Waals surface area contributed by atoms with E-state index >= 15 is 0 Å². The lowest BCUT2D eigenvalue weighted by molar-refractivity contribution is 0.0734. The molecule has 0 unspecified atom stereocenters. The minimum Gasteiger partial charge on any atom is -0.497 e. The van der Waals surface area contributed by atoms with Crippen molar-refractivity contribution in [3.05, 3.63) is 124 Å². The van der Waals surface area contributed by atoms with Gasteiger partial charge in [-0.1, -0.05) is 66.2 Å². The number of methoxy groups -OCH3 is 2. The second kappa shape index (κ2) is 13.9. The number of carbonyl (C=O) groups excluding carboxylic acids is 1. The van der Waals surface area contributed by atoms with Gasteiger partial charge in [0.1, 0.15) is 17.2 Å². The van der Waals surface area contributed by atoms with Gasteiger partial charge in [0.2, 0.25) is 0 Å². The Morgan fingerprint density at radius 2 is 1.35 bits per heavy atom. The molecule has 46 heavy (non-hydrogen) atoms. The van der Waals surface area contributed by atoms with E-state index in [4.69, 9.17) is 21.1 Å². The first-order chi connectivity index (χ1) is 22.4. The summed E-state index contributed by atoms with van der Waals surface area (Å²) in [6.07, 6.45) is 0. The first kappa shape index (κ1) is 31.5. The molecule has 5 aromatic rings. The molecule has 0 bridgehead atoms. The van der Waals surface area contributed by atoms with Crippen molar-refractivity contribution in [2.45, 2.75) is 12.5 Å². The number of amides is 1. The van der Waals surface area contributed by atoms with Gasteiger partial charge in [-0.3, -0.25) is 4.79 Å². The highest BCUT2D eigenvalue weighted by molar-refractivity contribution is 6.33. The van der Waals surface area contributed by atoms with Gasteiger partial charge in [-0.2, -0.15) is 0 Å². The maximum absolute atomic E-state index is 14.9. The highest BCUT2D eigenvalue weighted by Gasteiger charge is 2.33. The minimum absolute atomic E-state index is 0.0517. The monoisotopic (exact) mass is 636 g/mol. The molecule has 0 atom stereocenters. The van der Waals surface area contributed by atoms with Crippen LogP contribution in [0, 0.1) is 0 Å². The molecule has 238 valence electrons. The van der Waals surface area contributed by atoms with Gasteiger partial charge in [0.15, 0.2) is 0 Å². The van der Waals surface area contributed by atoms with Gasteiger partial charge < -0.3 is 28.7 Å². The molecule has 1 fully saturated rings. The number of fused-ring (bicyclic) bond motifs is 1. The Morgan fingerprint density at radius 3 is 1.91 bits per heavy atom. The maximum atomic E-state index is 14.9. The Bertz CT molecular complexity index is 1740. The average molecular weight is 637 g/mol. The normalized spacial score (nSPS) is 13.5. The van der Waals surface area contributed by atoms with Crippen LogP contribution in [0.2, 0.25) is 5.02 Å². The van der Waals surface area contributed by atoms with Crippen molar-refractivity contribution in [2.75, 3.05) is 65.9 Å². The van der Waals surface area contributed by atoms with Crippen molar-refractivity contribution in [3.63, 3.8) is 0 Å². The summed E-state index contributed by atoms with van der Waals surface area (Å²) < 4.78 is 13.3. The first-order valence-corrected chi connectivity index (χ1v) is 16.1. The molecule has 7 nitrogen and oxygen atoms in total. The predicted octanol–water partition coefficient (Wildman–Crippen LogP) is 7.02.